The second-order valence-corrected chi connectivity index (χ2v) is 7.05. The predicted octanol–water partition coefficient (Wildman–Crippen LogP) is 3.04. The largest absolute Gasteiger partial charge is 0.481 e. The number of allylic oxidation sites excluding steroid dienone is 2. The van der Waals surface area contributed by atoms with Gasteiger partial charge >= 0.3 is 5.97 Å². The van der Waals surface area contributed by atoms with Crippen molar-refractivity contribution >= 4 is 5.97 Å². The second kappa shape index (κ2) is 12.2. The molecule has 0 radical (unpaired) electrons. The highest BCUT2D eigenvalue weighted by molar-refractivity contribution is 5.66. The molecule has 144 valence electrons. The number of carbonyl (C=O) groups is 1. The summed E-state index contributed by atoms with van der Waals surface area (Å²) in [7, 11) is 0. The maximum atomic E-state index is 10.5. The molecule has 0 aromatic rings. The van der Waals surface area contributed by atoms with Crippen LogP contribution in [0.3, 0.4) is 0 Å². The molecule has 0 heterocycles. The number of carboxylic acid groups (broad SMARTS) is 1. The fraction of sp³-hybridized carbons (Fsp3) is 0.750. The Bertz CT molecular complexity index is 432. The third-order valence-corrected chi connectivity index (χ3v) is 4.91. The van der Waals surface area contributed by atoms with Gasteiger partial charge in [-0.3, -0.25) is 4.79 Å². The molecule has 5 nitrogen and oxygen atoms in total. The van der Waals surface area contributed by atoms with Crippen LogP contribution >= 0.6 is 0 Å². The molecule has 0 aliphatic heterocycles. The summed E-state index contributed by atoms with van der Waals surface area (Å²) >= 11 is 0. The van der Waals surface area contributed by atoms with Crippen molar-refractivity contribution < 1.29 is 25.2 Å². The standard InChI is InChI=1S/C20H34O5/c1-2-3-4-5-6-7-10-16-17(19(23)14-18(16)22)13-12-15(21)9-8-11-20(24)25/h6-7,12-13,15-19,21-23H,2-5,8-11,14H2,1H3,(H,24,25)/b7-6+,13-12+/t15-,16+,17-,18+,19-/m0/s1. The zero-order valence-corrected chi connectivity index (χ0v) is 15.3. The minimum absolute atomic E-state index is 0.0418. The van der Waals surface area contributed by atoms with Gasteiger partial charge in [-0.05, 0) is 38.0 Å². The molecule has 1 rings (SSSR count). The second-order valence-electron chi connectivity index (χ2n) is 7.05. The van der Waals surface area contributed by atoms with Gasteiger partial charge in [-0.1, -0.05) is 44.1 Å². The van der Waals surface area contributed by atoms with Crippen molar-refractivity contribution in [3.63, 3.8) is 0 Å². The van der Waals surface area contributed by atoms with E-state index >= 15 is 0 Å². The Balaban J connectivity index is 2.47. The van der Waals surface area contributed by atoms with Crippen molar-refractivity contribution in [3.05, 3.63) is 24.3 Å². The molecule has 25 heavy (non-hydrogen) atoms. The Labute approximate surface area is 151 Å². The van der Waals surface area contributed by atoms with Crippen LogP contribution in [0.4, 0.5) is 0 Å². The Morgan fingerprint density at radius 2 is 1.92 bits per heavy atom. The van der Waals surface area contributed by atoms with Gasteiger partial charge in [0.05, 0.1) is 18.3 Å². The topological polar surface area (TPSA) is 98.0 Å². The predicted molar refractivity (Wildman–Crippen MR) is 98.1 cm³/mol. The lowest BCUT2D eigenvalue weighted by Crippen LogP contribution is -2.20. The molecule has 1 saturated carbocycles. The lowest BCUT2D eigenvalue weighted by Gasteiger charge is -2.19. The number of unbranched alkanes of at least 4 members (excludes halogenated alkanes) is 3. The number of hydrogen-bond acceptors (Lipinski definition) is 4. The van der Waals surface area contributed by atoms with Crippen LogP contribution in [0.25, 0.3) is 0 Å². The average Bonchev–Trinajstić information content (AvgIpc) is 2.81. The van der Waals surface area contributed by atoms with Crippen molar-refractivity contribution in [2.24, 2.45) is 11.8 Å². The van der Waals surface area contributed by atoms with Crippen LogP contribution in [-0.2, 0) is 4.79 Å². The fourth-order valence-electron chi connectivity index (χ4n) is 3.41. The molecule has 0 aromatic heterocycles. The van der Waals surface area contributed by atoms with Crippen molar-refractivity contribution in [2.45, 2.75) is 83.0 Å². The molecule has 1 fully saturated rings. The van der Waals surface area contributed by atoms with Crippen LogP contribution in [0.15, 0.2) is 24.3 Å². The van der Waals surface area contributed by atoms with Crippen LogP contribution in [0.2, 0.25) is 0 Å². The van der Waals surface area contributed by atoms with E-state index in [-0.39, 0.29) is 18.3 Å². The van der Waals surface area contributed by atoms with Crippen molar-refractivity contribution in [2.75, 3.05) is 0 Å². The Morgan fingerprint density at radius 3 is 2.60 bits per heavy atom. The molecule has 0 bridgehead atoms. The van der Waals surface area contributed by atoms with Gasteiger partial charge in [-0.2, -0.15) is 0 Å². The zero-order chi connectivity index (χ0) is 18.7. The number of aliphatic hydroxyl groups is 3. The van der Waals surface area contributed by atoms with Gasteiger partial charge in [0.1, 0.15) is 0 Å². The third kappa shape index (κ3) is 8.66. The van der Waals surface area contributed by atoms with Crippen LogP contribution in [0.1, 0.15) is 64.7 Å². The molecule has 5 atom stereocenters. The van der Waals surface area contributed by atoms with Gasteiger partial charge in [-0.25, -0.2) is 0 Å². The highest BCUT2D eigenvalue weighted by Crippen LogP contribution is 2.36. The summed E-state index contributed by atoms with van der Waals surface area (Å²) < 4.78 is 0. The van der Waals surface area contributed by atoms with Gasteiger partial charge in [-0.15, -0.1) is 0 Å². The molecule has 5 heteroatoms. The first kappa shape index (κ1) is 21.9. The summed E-state index contributed by atoms with van der Waals surface area (Å²) in [5.41, 5.74) is 0. The molecule has 0 unspecified atom stereocenters. The van der Waals surface area contributed by atoms with E-state index in [1.54, 1.807) is 12.2 Å². The Kier molecular flexibility index (Phi) is 10.7. The minimum Gasteiger partial charge on any atom is -0.481 e. The molecule has 0 saturated heterocycles. The van der Waals surface area contributed by atoms with Crippen molar-refractivity contribution in [3.8, 4) is 0 Å². The summed E-state index contributed by atoms with van der Waals surface area (Å²) in [6.07, 6.45) is 12.4. The Hall–Kier alpha value is -1.17. The molecule has 1 aliphatic rings. The maximum Gasteiger partial charge on any atom is 0.303 e. The molecule has 4 N–H and O–H groups in total. The van der Waals surface area contributed by atoms with Gasteiger partial charge in [0.15, 0.2) is 0 Å². The van der Waals surface area contributed by atoms with E-state index in [4.69, 9.17) is 5.11 Å². The third-order valence-electron chi connectivity index (χ3n) is 4.91. The summed E-state index contributed by atoms with van der Waals surface area (Å²) in [6.45, 7) is 2.17. The molecule has 1 aliphatic carbocycles. The van der Waals surface area contributed by atoms with Crippen LogP contribution < -0.4 is 0 Å². The number of hydrogen-bond donors (Lipinski definition) is 4. The van der Waals surface area contributed by atoms with E-state index in [0.717, 1.165) is 6.42 Å². The van der Waals surface area contributed by atoms with E-state index in [1.165, 1.54) is 19.3 Å². The monoisotopic (exact) mass is 354 g/mol. The average molecular weight is 354 g/mol. The first-order valence-electron chi connectivity index (χ1n) is 9.55. The first-order valence-corrected chi connectivity index (χ1v) is 9.55. The van der Waals surface area contributed by atoms with Gasteiger partial charge in [0, 0.05) is 18.8 Å². The number of rotatable bonds is 12. The summed E-state index contributed by atoms with van der Waals surface area (Å²) in [5, 5.41) is 38.9. The van der Waals surface area contributed by atoms with Crippen molar-refractivity contribution in [1.82, 2.24) is 0 Å². The molecule has 0 aromatic carbocycles. The van der Waals surface area contributed by atoms with E-state index in [9.17, 15) is 20.1 Å². The summed E-state index contributed by atoms with van der Waals surface area (Å²) in [4.78, 5) is 10.5. The SMILES string of the molecule is CCCCC/C=C/C[C@@H]1[C@H](/C=C/[C@@H](O)CCCC(=O)O)[C@@H](O)C[C@H]1O. The molecular weight excluding hydrogens is 320 g/mol. The van der Waals surface area contributed by atoms with Crippen LogP contribution in [0, 0.1) is 11.8 Å². The summed E-state index contributed by atoms with van der Waals surface area (Å²) in [6, 6.07) is 0. The molecular formula is C20H34O5. The normalized spacial score (nSPS) is 28.2. The zero-order valence-electron chi connectivity index (χ0n) is 15.3. The lowest BCUT2D eigenvalue weighted by atomic mass is 9.89. The van der Waals surface area contributed by atoms with E-state index in [1.807, 2.05) is 0 Å². The number of carboxylic acids is 1. The van der Waals surface area contributed by atoms with E-state index in [0.29, 0.717) is 25.7 Å². The molecule has 0 amide bonds. The van der Waals surface area contributed by atoms with Crippen LogP contribution in [-0.4, -0.2) is 44.7 Å². The van der Waals surface area contributed by atoms with Gasteiger partial charge < -0.3 is 20.4 Å². The molecule has 0 spiro atoms. The van der Waals surface area contributed by atoms with E-state index in [2.05, 4.69) is 19.1 Å². The minimum atomic E-state index is -0.865. The quantitative estimate of drug-likeness (QED) is 0.319. The lowest BCUT2D eigenvalue weighted by molar-refractivity contribution is -0.137. The number of aliphatic carboxylic acids is 1. The van der Waals surface area contributed by atoms with E-state index < -0.39 is 24.3 Å². The van der Waals surface area contributed by atoms with Crippen LogP contribution in [0.5, 0.6) is 0 Å². The maximum absolute atomic E-state index is 10.5. The van der Waals surface area contributed by atoms with Gasteiger partial charge in [0.2, 0.25) is 0 Å². The highest BCUT2D eigenvalue weighted by Gasteiger charge is 2.39. The smallest absolute Gasteiger partial charge is 0.303 e. The first-order chi connectivity index (χ1) is 12.0. The summed E-state index contributed by atoms with van der Waals surface area (Å²) in [5.74, 6) is -1.08. The number of aliphatic hydroxyl groups excluding tert-OH is 3. The fourth-order valence-corrected chi connectivity index (χ4v) is 3.41. The van der Waals surface area contributed by atoms with Gasteiger partial charge in [0.25, 0.3) is 0 Å². The Morgan fingerprint density at radius 1 is 1.16 bits per heavy atom. The van der Waals surface area contributed by atoms with Crippen molar-refractivity contribution in [1.29, 1.82) is 0 Å². The highest BCUT2D eigenvalue weighted by atomic mass is 16.4.